The third kappa shape index (κ3) is 10.5. The molecule has 0 saturated heterocycles. The Morgan fingerprint density at radius 3 is 1.69 bits per heavy atom. The van der Waals surface area contributed by atoms with Crippen LogP contribution >= 0.6 is 0 Å². The topological polar surface area (TPSA) is 208 Å². The summed E-state index contributed by atoms with van der Waals surface area (Å²) in [7, 11) is 0. The van der Waals surface area contributed by atoms with E-state index in [1.165, 1.54) is 6.92 Å². The third-order valence-corrected chi connectivity index (χ3v) is 5.88. The fourth-order valence-electron chi connectivity index (χ4n) is 3.72. The van der Waals surface area contributed by atoms with Crippen LogP contribution in [0.25, 0.3) is 0 Å². The first-order valence-electron chi connectivity index (χ1n) is 12.3. The lowest BCUT2D eigenvalue weighted by molar-refractivity contribution is -0.142. The van der Waals surface area contributed by atoms with E-state index in [2.05, 4.69) is 16.0 Å². The Kier molecular flexibility index (Phi) is 12.1. The van der Waals surface area contributed by atoms with Crippen LogP contribution in [0.2, 0.25) is 0 Å². The van der Waals surface area contributed by atoms with Crippen molar-refractivity contribution < 1.29 is 39.3 Å². The summed E-state index contributed by atoms with van der Waals surface area (Å²) in [6.07, 6.45) is -1.95. The molecule has 3 amide bonds. The number of hydrogen-bond donors (Lipinski definition) is 7. The number of benzene rings is 2. The molecule has 0 fully saturated rings. The molecule has 0 spiro atoms. The molecule has 5 unspecified atom stereocenters. The van der Waals surface area contributed by atoms with Gasteiger partial charge in [-0.25, -0.2) is 4.79 Å². The molecule has 12 heteroatoms. The maximum atomic E-state index is 13.2. The van der Waals surface area contributed by atoms with Crippen LogP contribution in [0.3, 0.4) is 0 Å². The highest BCUT2D eigenvalue weighted by molar-refractivity contribution is 5.94. The first-order chi connectivity index (χ1) is 18.5. The number of rotatable bonds is 15. The predicted molar refractivity (Wildman–Crippen MR) is 140 cm³/mol. The zero-order chi connectivity index (χ0) is 28.9. The zero-order valence-electron chi connectivity index (χ0n) is 21.4. The first-order valence-corrected chi connectivity index (χ1v) is 12.3. The van der Waals surface area contributed by atoms with Gasteiger partial charge in [0.15, 0.2) is 0 Å². The van der Waals surface area contributed by atoms with E-state index in [4.69, 9.17) is 10.8 Å². The number of aliphatic hydroxyl groups excluding tert-OH is 1. The number of carbonyl (C=O) groups excluding carboxylic acids is 3. The van der Waals surface area contributed by atoms with Gasteiger partial charge in [-0.05, 0) is 24.5 Å². The Morgan fingerprint density at radius 2 is 1.23 bits per heavy atom. The second kappa shape index (κ2) is 15.2. The van der Waals surface area contributed by atoms with Gasteiger partial charge in [0.05, 0.1) is 12.1 Å². The van der Waals surface area contributed by atoms with Crippen LogP contribution < -0.4 is 21.7 Å². The molecule has 0 aliphatic rings. The molecule has 8 N–H and O–H groups in total. The van der Waals surface area contributed by atoms with Gasteiger partial charge >= 0.3 is 11.9 Å². The van der Waals surface area contributed by atoms with Crippen molar-refractivity contribution in [3.05, 3.63) is 71.8 Å². The SMILES string of the molecule is CC(O)C(NC(=O)C(N)CCC(=O)O)C(=O)NC(Cc1ccccc1)C(=O)NC(Cc1ccccc1)C(=O)O. The summed E-state index contributed by atoms with van der Waals surface area (Å²) in [4.78, 5) is 61.4. The van der Waals surface area contributed by atoms with Gasteiger partial charge in [0.2, 0.25) is 17.7 Å². The van der Waals surface area contributed by atoms with Crippen LogP contribution in [-0.4, -0.2) is 75.3 Å². The van der Waals surface area contributed by atoms with Crippen LogP contribution in [0.15, 0.2) is 60.7 Å². The Balaban J connectivity index is 2.20. The summed E-state index contributed by atoms with van der Waals surface area (Å²) in [6.45, 7) is 1.25. The van der Waals surface area contributed by atoms with Gasteiger partial charge in [0.1, 0.15) is 18.1 Å². The highest BCUT2D eigenvalue weighted by Crippen LogP contribution is 2.08. The highest BCUT2D eigenvalue weighted by atomic mass is 16.4. The smallest absolute Gasteiger partial charge is 0.326 e. The first kappa shape index (κ1) is 30.9. The molecule has 2 rings (SSSR count). The standard InChI is InChI=1S/C27H34N4O8/c1-16(32)23(31-24(35)19(28)12-13-22(33)34)26(37)29-20(14-17-8-4-2-5-9-17)25(36)30-21(27(38)39)15-18-10-6-3-7-11-18/h2-11,16,19-21,23,32H,12-15,28H2,1H3,(H,29,37)(H,30,36)(H,31,35)(H,33,34)(H,38,39). The van der Waals surface area contributed by atoms with Crippen molar-refractivity contribution in [1.29, 1.82) is 0 Å². The van der Waals surface area contributed by atoms with E-state index in [1.807, 2.05) is 0 Å². The summed E-state index contributed by atoms with van der Waals surface area (Å²) in [5.41, 5.74) is 7.06. The van der Waals surface area contributed by atoms with Gasteiger partial charge in [-0.3, -0.25) is 19.2 Å². The van der Waals surface area contributed by atoms with E-state index >= 15 is 0 Å². The highest BCUT2D eigenvalue weighted by Gasteiger charge is 2.32. The average molecular weight is 543 g/mol. The van der Waals surface area contributed by atoms with E-state index in [0.717, 1.165) is 0 Å². The average Bonchev–Trinajstić information content (AvgIpc) is 2.90. The fraction of sp³-hybridized carbons (Fsp3) is 0.370. The Bertz CT molecular complexity index is 1130. The molecule has 0 aliphatic carbocycles. The largest absolute Gasteiger partial charge is 0.481 e. The summed E-state index contributed by atoms with van der Waals surface area (Å²) in [6, 6.07) is 12.1. The van der Waals surface area contributed by atoms with Crippen LogP contribution in [0, 0.1) is 0 Å². The lowest BCUT2D eigenvalue weighted by Gasteiger charge is -2.26. The van der Waals surface area contributed by atoms with Crippen molar-refractivity contribution >= 4 is 29.7 Å². The lowest BCUT2D eigenvalue weighted by atomic mass is 10.0. The number of aliphatic hydroxyl groups is 1. The van der Waals surface area contributed by atoms with E-state index < -0.39 is 59.9 Å². The Hall–Kier alpha value is -4.29. The van der Waals surface area contributed by atoms with Crippen molar-refractivity contribution in [3.8, 4) is 0 Å². The molecular formula is C27H34N4O8. The van der Waals surface area contributed by atoms with Gasteiger partial charge in [-0.15, -0.1) is 0 Å². The quantitative estimate of drug-likeness (QED) is 0.156. The summed E-state index contributed by atoms with van der Waals surface area (Å²) in [5.74, 6) is -4.94. The molecule has 0 aromatic heterocycles. The van der Waals surface area contributed by atoms with E-state index in [0.29, 0.717) is 11.1 Å². The van der Waals surface area contributed by atoms with Gasteiger partial charge in [0.25, 0.3) is 0 Å². The summed E-state index contributed by atoms with van der Waals surface area (Å²) < 4.78 is 0. The van der Waals surface area contributed by atoms with E-state index in [-0.39, 0.29) is 25.7 Å². The number of aliphatic carboxylic acids is 2. The third-order valence-electron chi connectivity index (χ3n) is 5.88. The molecule has 0 bridgehead atoms. The number of nitrogens with one attached hydrogen (secondary N) is 3. The molecule has 2 aromatic rings. The maximum absolute atomic E-state index is 13.2. The molecule has 5 atom stereocenters. The van der Waals surface area contributed by atoms with Crippen LogP contribution in [0.5, 0.6) is 0 Å². The number of carbonyl (C=O) groups is 5. The number of hydrogen-bond acceptors (Lipinski definition) is 7. The second-order valence-corrected chi connectivity index (χ2v) is 9.11. The minimum absolute atomic E-state index is 0.00527. The number of nitrogens with two attached hydrogens (primary N) is 1. The maximum Gasteiger partial charge on any atom is 0.326 e. The minimum atomic E-state index is -1.51. The van der Waals surface area contributed by atoms with Crippen molar-refractivity contribution in [2.75, 3.05) is 0 Å². The Morgan fingerprint density at radius 1 is 0.744 bits per heavy atom. The van der Waals surface area contributed by atoms with Crippen LogP contribution in [0.4, 0.5) is 0 Å². The zero-order valence-corrected chi connectivity index (χ0v) is 21.4. The molecule has 0 aliphatic heterocycles. The predicted octanol–water partition coefficient (Wildman–Crippen LogP) is -0.416. The molecule has 12 nitrogen and oxygen atoms in total. The van der Waals surface area contributed by atoms with Gasteiger partial charge in [-0.1, -0.05) is 60.7 Å². The number of amides is 3. The van der Waals surface area contributed by atoms with Crippen LogP contribution in [0.1, 0.15) is 30.9 Å². The number of carboxylic acids is 2. The van der Waals surface area contributed by atoms with Crippen molar-refractivity contribution in [2.45, 2.75) is 62.9 Å². The molecular weight excluding hydrogens is 508 g/mol. The molecule has 0 radical (unpaired) electrons. The summed E-state index contributed by atoms with van der Waals surface area (Å²) in [5, 5.41) is 35.9. The second-order valence-electron chi connectivity index (χ2n) is 9.11. The molecule has 0 saturated carbocycles. The summed E-state index contributed by atoms with van der Waals surface area (Å²) >= 11 is 0. The molecule has 39 heavy (non-hydrogen) atoms. The molecule has 2 aromatic carbocycles. The van der Waals surface area contributed by atoms with Gasteiger partial charge in [-0.2, -0.15) is 0 Å². The van der Waals surface area contributed by atoms with Crippen molar-refractivity contribution in [2.24, 2.45) is 5.73 Å². The van der Waals surface area contributed by atoms with Crippen LogP contribution in [-0.2, 0) is 36.8 Å². The monoisotopic (exact) mass is 542 g/mol. The normalized spacial score (nSPS) is 14.6. The van der Waals surface area contributed by atoms with Crippen molar-refractivity contribution in [1.82, 2.24) is 16.0 Å². The van der Waals surface area contributed by atoms with Gasteiger partial charge < -0.3 is 37.0 Å². The lowest BCUT2D eigenvalue weighted by Crippen LogP contribution is -2.60. The molecule has 210 valence electrons. The Labute approximate surface area is 225 Å². The fourth-order valence-corrected chi connectivity index (χ4v) is 3.72. The van der Waals surface area contributed by atoms with Crippen molar-refractivity contribution in [3.63, 3.8) is 0 Å². The molecule has 0 heterocycles. The van der Waals surface area contributed by atoms with E-state index in [1.54, 1.807) is 60.7 Å². The van der Waals surface area contributed by atoms with E-state index in [9.17, 15) is 34.2 Å². The minimum Gasteiger partial charge on any atom is -0.481 e. The van der Waals surface area contributed by atoms with Gasteiger partial charge in [0, 0.05) is 19.3 Å². The number of carboxylic acid groups (broad SMARTS) is 2.